The van der Waals surface area contributed by atoms with Gasteiger partial charge in [0, 0.05) is 41.5 Å². The first-order valence-corrected chi connectivity index (χ1v) is 6.78. The normalized spacial score (nSPS) is 11.4. The van der Waals surface area contributed by atoms with Crippen LogP contribution in [0.5, 0.6) is 0 Å². The maximum absolute atomic E-state index is 13.3. The fourth-order valence-corrected chi connectivity index (χ4v) is 2.35. The molecule has 2 heterocycles. The molecule has 0 atom stereocenters. The minimum absolute atomic E-state index is 0.298. The van der Waals surface area contributed by atoms with Gasteiger partial charge >= 0.3 is 6.18 Å². The van der Waals surface area contributed by atoms with Gasteiger partial charge in [-0.1, -0.05) is 12.1 Å². The van der Waals surface area contributed by atoms with E-state index >= 15 is 0 Å². The average molecular weight is 315 g/mol. The highest BCUT2D eigenvalue weighted by molar-refractivity contribution is 5.84. The van der Waals surface area contributed by atoms with E-state index in [0.29, 0.717) is 22.3 Å². The van der Waals surface area contributed by atoms with Crippen molar-refractivity contribution in [2.75, 3.05) is 5.73 Å². The van der Waals surface area contributed by atoms with Gasteiger partial charge in [0.2, 0.25) is 0 Å². The first kappa shape index (κ1) is 15.0. The molecule has 2 aromatic heterocycles. The van der Waals surface area contributed by atoms with Crippen molar-refractivity contribution in [2.24, 2.45) is 0 Å². The number of nitrogens with zero attached hydrogens (tertiary/aromatic N) is 2. The summed E-state index contributed by atoms with van der Waals surface area (Å²) in [5.74, 6) is 0. The van der Waals surface area contributed by atoms with Crippen LogP contribution in [0.4, 0.5) is 18.9 Å². The number of aromatic nitrogens is 2. The maximum atomic E-state index is 13.3. The first-order valence-electron chi connectivity index (χ1n) is 6.78. The summed E-state index contributed by atoms with van der Waals surface area (Å²) in [5, 5.41) is 0. The molecule has 0 spiro atoms. The van der Waals surface area contributed by atoms with E-state index < -0.39 is 11.7 Å². The number of halogens is 3. The Morgan fingerprint density at radius 1 is 0.826 bits per heavy atom. The van der Waals surface area contributed by atoms with E-state index in [1.54, 1.807) is 42.7 Å². The predicted octanol–water partition coefficient (Wildman–Crippen LogP) is 4.41. The second kappa shape index (κ2) is 5.72. The molecule has 1 aromatic carbocycles. The third kappa shape index (κ3) is 3.01. The molecule has 0 aliphatic rings. The molecule has 3 aromatic rings. The van der Waals surface area contributed by atoms with Gasteiger partial charge in [-0.15, -0.1) is 0 Å². The summed E-state index contributed by atoms with van der Waals surface area (Å²) < 4.78 is 40.0. The Labute approximate surface area is 130 Å². The van der Waals surface area contributed by atoms with Crippen LogP contribution in [-0.2, 0) is 6.18 Å². The van der Waals surface area contributed by atoms with Crippen LogP contribution in [0.15, 0.2) is 61.2 Å². The Bertz CT molecular complexity index is 816. The molecule has 0 aliphatic heterocycles. The third-order valence-electron chi connectivity index (χ3n) is 3.45. The fraction of sp³-hybridized carbons (Fsp3) is 0.0588. The van der Waals surface area contributed by atoms with Crippen molar-refractivity contribution < 1.29 is 13.2 Å². The molecule has 0 saturated carbocycles. The molecule has 0 fully saturated rings. The highest BCUT2D eigenvalue weighted by atomic mass is 19.4. The van der Waals surface area contributed by atoms with Crippen LogP contribution < -0.4 is 5.73 Å². The van der Waals surface area contributed by atoms with E-state index in [0.717, 1.165) is 6.07 Å². The Balaban J connectivity index is 2.27. The minimum Gasteiger partial charge on any atom is -0.398 e. The zero-order valence-electron chi connectivity index (χ0n) is 11.9. The van der Waals surface area contributed by atoms with E-state index in [1.807, 2.05) is 0 Å². The van der Waals surface area contributed by atoms with Crippen LogP contribution in [0.1, 0.15) is 5.56 Å². The van der Waals surface area contributed by atoms with Crippen molar-refractivity contribution >= 4 is 5.69 Å². The molecule has 116 valence electrons. The highest BCUT2D eigenvalue weighted by Gasteiger charge is 2.34. The largest absolute Gasteiger partial charge is 0.418 e. The number of anilines is 1. The van der Waals surface area contributed by atoms with Crippen molar-refractivity contribution in [2.45, 2.75) is 6.18 Å². The molecular formula is C17H12F3N3. The number of hydrogen-bond acceptors (Lipinski definition) is 3. The molecule has 0 bridgehead atoms. The lowest BCUT2D eigenvalue weighted by atomic mass is 9.95. The van der Waals surface area contributed by atoms with E-state index in [9.17, 15) is 13.2 Å². The van der Waals surface area contributed by atoms with E-state index in [1.165, 1.54) is 12.4 Å². The molecule has 0 amide bonds. The Hall–Kier alpha value is -2.89. The summed E-state index contributed by atoms with van der Waals surface area (Å²) in [6, 6.07) is 9.36. The Morgan fingerprint density at radius 3 is 1.96 bits per heavy atom. The number of hydrogen-bond donors (Lipinski definition) is 1. The number of nitrogen functional groups attached to an aromatic ring is 1. The molecule has 3 rings (SSSR count). The topological polar surface area (TPSA) is 51.8 Å². The van der Waals surface area contributed by atoms with Crippen molar-refractivity contribution in [1.82, 2.24) is 9.97 Å². The van der Waals surface area contributed by atoms with Gasteiger partial charge in [0.1, 0.15) is 0 Å². The molecule has 2 N–H and O–H groups in total. The summed E-state index contributed by atoms with van der Waals surface area (Å²) in [6.45, 7) is 0. The summed E-state index contributed by atoms with van der Waals surface area (Å²) in [4.78, 5) is 7.90. The molecule has 0 unspecified atom stereocenters. The average Bonchev–Trinajstić information content (AvgIpc) is 2.55. The molecule has 23 heavy (non-hydrogen) atoms. The second-order valence-electron chi connectivity index (χ2n) is 4.97. The zero-order valence-corrected chi connectivity index (χ0v) is 11.9. The minimum atomic E-state index is -4.54. The Kier molecular flexibility index (Phi) is 3.73. The van der Waals surface area contributed by atoms with Crippen molar-refractivity contribution in [1.29, 1.82) is 0 Å². The van der Waals surface area contributed by atoms with Gasteiger partial charge in [-0.05, 0) is 29.8 Å². The smallest absolute Gasteiger partial charge is 0.398 e. The van der Waals surface area contributed by atoms with Crippen LogP contribution in [0.25, 0.3) is 22.3 Å². The second-order valence-corrected chi connectivity index (χ2v) is 4.97. The van der Waals surface area contributed by atoms with Gasteiger partial charge in [0.25, 0.3) is 0 Å². The van der Waals surface area contributed by atoms with E-state index in [-0.39, 0.29) is 5.69 Å². The van der Waals surface area contributed by atoms with Gasteiger partial charge in [-0.2, -0.15) is 13.2 Å². The van der Waals surface area contributed by atoms with E-state index in [4.69, 9.17) is 5.73 Å². The molecule has 0 radical (unpaired) electrons. The zero-order chi connectivity index (χ0) is 16.4. The van der Waals surface area contributed by atoms with Crippen LogP contribution in [0.2, 0.25) is 0 Å². The number of rotatable bonds is 2. The molecule has 0 aliphatic carbocycles. The number of benzene rings is 1. The lowest BCUT2D eigenvalue weighted by Crippen LogP contribution is -2.10. The summed E-state index contributed by atoms with van der Waals surface area (Å²) in [7, 11) is 0. The molecule has 3 nitrogen and oxygen atoms in total. The molecule has 0 saturated heterocycles. The number of pyridine rings is 2. The summed E-state index contributed by atoms with van der Waals surface area (Å²) >= 11 is 0. The monoisotopic (exact) mass is 315 g/mol. The van der Waals surface area contributed by atoms with Crippen molar-refractivity contribution in [3.63, 3.8) is 0 Å². The molecular weight excluding hydrogens is 303 g/mol. The maximum Gasteiger partial charge on any atom is 0.418 e. The van der Waals surface area contributed by atoms with Crippen LogP contribution in [0, 0.1) is 0 Å². The van der Waals surface area contributed by atoms with Gasteiger partial charge in [-0.3, -0.25) is 9.97 Å². The van der Waals surface area contributed by atoms with Crippen molar-refractivity contribution in [3.05, 3.63) is 66.7 Å². The third-order valence-corrected chi connectivity index (χ3v) is 3.45. The standard InChI is InChI=1S/C17H12F3N3/c18-17(19,20)15-8-13(11-3-1-5-22-9-11)7-14(16(15)21)12-4-2-6-23-10-12/h1-10H,21H2. The SMILES string of the molecule is Nc1c(-c2cccnc2)cc(-c2cccnc2)cc1C(F)(F)F. The summed E-state index contributed by atoms with van der Waals surface area (Å²) in [6.07, 6.45) is 1.57. The van der Waals surface area contributed by atoms with Crippen LogP contribution in [0.3, 0.4) is 0 Å². The summed E-state index contributed by atoms with van der Waals surface area (Å²) in [5.41, 5.74) is 6.43. The fourth-order valence-electron chi connectivity index (χ4n) is 2.35. The highest BCUT2D eigenvalue weighted by Crippen LogP contribution is 2.41. The Morgan fingerprint density at radius 2 is 1.43 bits per heavy atom. The molecule has 6 heteroatoms. The van der Waals surface area contributed by atoms with Crippen LogP contribution >= 0.6 is 0 Å². The van der Waals surface area contributed by atoms with Gasteiger partial charge in [-0.25, -0.2) is 0 Å². The quantitative estimate of drug-likeness (QED) is 0.713. The predicted molar refractivity (Wildman–Crippen MR) is 82.3 cm³/mol. The first-order chi connectivity index (χ1) is 11.0. The van der Waals surface area contributed by atoms with Crippen LogP contribution in [-0.4, -0.2) is 9.97 Å². The lowest BCUT2D eigenvalue weighted by molar-refractivity contribution is -0.136. The van der Waals surface area contributed by atoms with Crippen molar-refractivity contribution in [3.8, 4) is 22.3 Å². The number of alkyl halides is 3. The lowest BCUT2D eigenvalue weighted by Gasteiger charge is -2.16. The number of nitrogens with two attached hydrogens (primary N) is 1. The van der Waals surface area contributed by atoms with E-state index in [2.05, 4.69) is 9.97 Å². The van der Waals surface area contributed by atoms with Gasteiger partial charge in [0.05, 0.1) is 11.3 Å². The van der Waals surface area contributed by atoms with Gasteiger partial charge in [0.15, 0.2) is 0 Å². The van der Waals surface area contributed by atoms with Gasteiger partial charge < -0.3 is 5.73 Å².